The second-order valence-electron chi connectivity index (χ2n) is 3.78. The molecule has 3 nitrogen and oxygen atoms in total. The molecule has 1 aliphatic rings. The van der Waals surface area contributed by atoms with Crippen molar-refractivity contribution in [3.8, 4) is 0 Å². The fourth-order valence-electron chi connectivity index (χ4n) is 1.56. The van der Waals surface area contributed by atoms with Gasteiger partial charge in [-0.15, -0.1) is 24.8 Å². The Balaban J connectivity index is 0. The Hall–Kier alpha value is 0.178. The molecule has 0 atom stereocenters. The maximum absolute atomic E-state index is 5.53. The van der Waals surface area contributed by atoms with E-state index in [1.165, 1.54) is 25.7 Å². The summed E-state index contributed by atoms with van der Waals surface area (Å²) in [5.41, 5.74) is 5.53. The van der Waals surface area contributed by atoms with Crippen LogP contribution in [0.15, 0.2) is 19.0 Å². The van der Waals surface area contributed by atoms with Gasteiger partial charge in [0.2, 0.25) is 0 Å². The molecule has 0 saturated heterocycles. The summed E-state index contributed by atoms with van der Waals surface area (Å²) in [5.74, 6) is 0. The molecule has 0 unspecified atom stereocenters. The van der Waals surface area contributed by atoms with Crippen LogP contribution in [0, 0.1) is 3.80 Å². The first kappa shape index (κ1) is 19.5. The second-order valence-corrected chi connectivity index (χ2v) is 4.80. The Morgan fingerprint density at radius 3 is 2.06 bits per heavy atom. The van der Waals surface area contributed by atoms with Crippen LogP contribution < -0.4 is 5.73 Å². The van der Waals surface area contributed by atoms with E-state index >= 15 is 0 Å². The van der Waals surface area contributed by atoms with Crippen LogP contribution in [-0.4, -0.2) is 15.2 Å². The molecule has 2 rings (SSSR count). The van der Waals surface area contributed by atoms with Gasteiger partial charge in [0.15, 0.2) is 0 Å². The van der Waals surface area contributed by atoms with E-state index in [1.807, 2.05) is 28.6 Å². The Labute approximate surface area is 126 Å². The first-order valence-corrected chi connectivity index (χ1v) is 6.35. The zero-order valence-corrected chi connectivity index (χ0v) is 13.9. The number of hydrogen-bond acceptors (Lipinski definition) is 1. The average molecular weight is 461 g/mol. The van der Waals surface area contributed by atoms with Crippen molar-refractivity contribution in [2.24, 2.45) is 12.8 Å². The molecule has 104 valence electrons. The van der Waals surface area contributed by atoms with E-state index in [0.717, 1.165) is 3.80 Å². The summed E-state index contributed by atoms with van der Waals surface area (Å²) in [4.78, 5) is 0. The summed E-state index contributed by atoms with van der Waals surface area (Å²) in [7, 11) is 2.00. The normalized spacial score (nSPS) is 14.1. The molecule has 1 fully saturated rings. The third-order valence-electron chi connectivity index (χ3n) is 2.51. The van der Waals surface area contributed by atoms with Crippen LogP contribution in [0.5, 0.6) is 0 Å². The number of aryl methyl sites for hydroxylation is 1. The van der Waals surface area contributed by atoms with Crippen molar-refractivity contribution in [2.45, 2.75) is 31.7 Å². The number of halogens is 2. The van der Waals surface area contributed by atoms with Crippen LogP contribution in [0.2, 0.25) is 0 Å². The SMILES string of the molecule is C=Cn1ccn(C)[c]1=[Pt].Cl.Cl.NC1CCCC1. The molecule has 0 radical (unpaired) electrons. The van der Waals surface area contributed by atoms with Crippen molar-refractivity contribution in [1.29, 1.82) is 0 Å². The monoisotopic (exact) mass is 460 g/mol. The van der Waals surface area contributed by atoms with Crippen molar-refractivity contribution in [3.63, 3.8) is 0 Å². The minimum Gasteiger partial charge on any atom is -0.328 e. The fraction of sp³-hybridized carbons (Fsp3) is 0.545. The maximum atomic E-state index is 5.53. The largest absolute Gasteiger partial charge is 0.328 e. The summed E-state index contributed by atoms with van der Waals surface area (Å²) in [6.07, 6.45) is 11.0. The molecular formula is C11H21Cl2N3Pt. The van der Waals surface area contributed by atoms with Gasteiger partial charge < -0.3 is 5.73 Å². The maximum Gasteiger partial charge on any atom is 0.00388 e. The predicted molar refractivity (Wildman–Crippen MR) is 74.0 cm³/mol. The van der Waals surface area contributed by atoms with Crippen LogP contribution >= 0.6 is 24.8 Å². The topological polar surface area (TPSA) is 35.9 Å². The smallest absolute Gasteiger partial charge is 0.00388 e. The van der Waals surface area contributed by atoms with Crippen LogP contribution in [0.3, 0.4) is 0 Å². The number of rotatable bonds is 1. The summed E-state index contributed by atoms with van der Waals surface area (Å²) < 4.78 is 5.15. The molecule has 1 saturated carbocycles. The average Bonchev–Trinajstić information content (AvgIpc) is 2.80. The number of aromatic nitrogens is 2. The van der Waals surface area contributed by atoms with E-state index in [1.54, 1.807) is 6.20 Å². The molecule has 0 aromatic carbocycles. The zero-order chi connectivity index (χ0) is 11.3. The van der Waals surface area contributed by atoms with Crippen molar-refractivity contribution >= 4 is 31.0 Å². The van der Waals surface area contributed by atoms with Gasteiger partial charge in [-0.25, -0.2) is 0 Å². The number of imidazole rings is 1. The van der Waals surface area contributed by atoms with Crippen molar-refractivity contribution < 1.29 is 19.4 Å². The standard InChI is InChI=1S/C6H8N2.C5H11N.2ClH.Pt/c1-3-8-5-4-7(2)6-8;6-5-3-1-2-4-5;;;/h3-5H,1H2,2H3;5H,1-4,6H2;2*1H;. The van der Waals surface area contributed by atoms with E-state index in [-0.39, 0.29) is 24.8 Å². The minimum absolute atomic E-state index is 0. The van der Waals surface area contributed by atoms with Crippen LogP contribution in [0.25, 0.3) is 6.20 Å². The second kappa shape index (κ2) is 10.1. The third kappa shape index (κ3) is 6.61. The Kier molecular flexibility index (Phi) is 11.6. The molecule has 0 aliphatic heterocycles. The van der Waals surface area contributed by atoms with Gasteiger partial charge in [-0.05, 0) is 12.8 Å². The molecule has 1 heterocycles. The van der Waals surface area contributed by atoms with Gasteiger partial charge in [-0.1, -0.05) is 12.8 Å². The molecular weight excluding hydrogens is 440 g/mol. The van der Waals surface area contributed by atoms with Gasteiger partial charge in [-0.2, -0.15) is 0 Å². The summed E-state index contributed by atoms with van der Waals surface area (Å²) in [5, 5.41) is 0. The van der Waals surface area contributed by atoms with E-state index in [2.05, 4.69) is 25.9 Å². The van der Waals surface area contributed by atoms with Gasteiger partial charge >= 0.3 is 64.5 Å². The number of nitrogens with zero attached hydrogens (tertiary/aromatic N) is 2. The summed E-state index contributed by atoms with van der Waals surface area (Å²) in [6.45, 7) is 3.65. The van der Waals surface area contributed by atoms with Gasteiger partial charge in [0.05, 0.1) is 0 Å². The van der Waals surface area contributed by atoms with Gasteiger partial charge in [0.1, 0.15) is 0 Å². The summed E-state index contributed by atoms with van der Waals surface area (Å²) in [6, 6.07) is 0.546. The van der Waals surface area contributed by atoms with Gasteiger partial charge in [0, 0.05) is 6.04 Å². The molecule has 1 aromatic rings. The molecule has 6 heteroatoms. The molecule has 1 aromatic heterocycles. The van der Waals surface area contributed by atoms with Gasteiger partial charge in [-0.3, -0.25) is 0 Å². The van der Waals surface area contributed by atoms with Crippen LogP contribution in [0.1, 0.15) is 25.7 Å². The Morgan fingerprint density at radius 1 is 1.35 bits per heavy atom. The first-order valence-electron chi connectivity index (χ1n) is 5.22. The van der Waals surface area contributed by atoms with E-state index in [4.69, 9.17) is 5.73 Å². The van der Waals surface area contributed by atoms with E-state index in [0.29, 0.717) is 6.04 Å². The molecule has 0 amide bonds. The van der Waals surface area contributed by atoms with Crippen LogP contribution in [-0.2, 0) is 26.4 Å². The molecule has 0 bridgehead atoms. The summed E-state index contributed by atoms with van der Waals surface area (Å²) >= 11 is 2.24. The number of hydrogen-bond donors (Lipinski definition) is 1. The predicted octanol–water partition coefficient (Wildman–Crippen LogP) is 2.74. The van der Waals surface area contributed by atoms with Crippen molar-refractivity contribution in [1.82, 2.24) is 9.13 Å². The zero-order valence-electron chi connectivity index (χ0n) is 9.95. The molecule has 1 aliphatic carbocycles. The van der Waals surface area contributed by atoms with Gasteiger partial charge in [0.25, 0.3) is 0 Å². The molecule has 2 N–H and O–H groups in total. The fourth-order valence-corrected chi connectivity index (χ4v) is 2.10. The van der Waals surface area contributed by atoms with E-state index < -0.39 is 0 Å². The van der Waals surface area contributed by atoms with Crippen molar-refractivity contribution in [2.75, 3.05) is 0 Å². The van der Waals surface area contributed by atoms with Crippen molar-refractivity contribution in [3.05, 3.63) is 22.8 Å². The molecule has 0 spiro atoms. The Morgan fingerprint density at radius 2 is 1.88 bits per heavy atom. The first-order chi connectivity index (χ1) is 7.15. The number of nitrogens with two attached hydrogens (primary N) is 1. The minimum atomic E-state index is 0. The van der Waals surface area contributed by atoms with Crippen LogP contribution in [0.4, 0.5) is 0 Å². The molecule has 17 heavy (non-hydrogen) atoms. The quantitative estimate of drug-likeness (QED) is 0.687. The van der Waals surface area contributed by atoms with E-state index in [9.17, 15) is 0 Å². The third-order valence-corrected chi connectivity index (χ3v) is 3.90. The Bertz CT molecular complexity index is 367.